The van der Waals surface area contributed by atoms with Gasteiger partial charge in [0.1, 0.15) is 23.9 Å². The van der Waals surface area contributed by atoms with Gasteiger partial charge in [0.05, 0.1) is 12.7 Å². The van der Waals surface area contributed by atoms with E-state index < -0.39 is 0 Å². The molecule has 0 saturated carbocycles. The Kier molecular flexibility index (Phi) is 4.57. The first-order valence-corrected chi connectivity index (χ1v) is 7.83. The van der Waals surface area contributed by atoms with E-state index in [0.717, 1.165) is 5.56 Å². The van der Waals surface area contributed by atoms with E-state index in [4.69, 9.17) is 14.2 Å². The Morgan fingerprint density at radius 2 is 2.04 bits per heavy atom. The van der Waals surface area contributed by atoms with E-state index in [9.17, 15) is 9.59 Å². The number of carbonyl (C=O) groups is 2. The van der Waals surface area contributed by atoms with Gasteiger partial charge in [0.2, 0.25) is 5.78 Å². The molecular formula is C20H18O5. The maximum absolute atomic E-state index is 12.6. The molecule has 0 atom stereocenters. The predicted octanol–water partition coefficient (Wildman–Crippen LogP) is 3.59. The lowest BCUT2D eigenvalue weighted by molar-refractivity contribution is -0.118. The van der Waals surface area contributed by atoms with E-state index in [-0.39, 0.29) is 23.9 Å². The quantitative estimate of drug-likeness (QED) is 0.780. The molecule has 0 aromatic heterocycles. The van der Waals surface area contributed by atoms with Crippen LogP contribution in [0.5, 0.6) is 17.2 Å². The van der Waals surface area contributed by atoms with Crippen LogP contribution in [0.1, 0.15) is 28.4 Å². The van der Waals surface area contributed by atoms with Gasteiger partial charge >= 0.3 is 0 Å². The SMILES string of the molecule is COc1cccc(/C=C2\Oc3c(ccc(OCC(C)=O)c3C)C2=O)c1. The van der Waals surface area contributed by atoms with Gasteiger partial charge in [-0.15, -0.1) is 0 Å². The van der Waals surface area contributed by atoms with Crippen molar-refractivity contribution in [3.05, 3.63) is 58.8 Å². The Balaban J connectivity index is 1.91. The van der Waals surface area contributed by atoms with E-state index >= 15 is 0 Å². The molecule has 0 saturated heterocycles. The van der Waals surface area contributed by atoms with Crippen molar-refractivity contribution in [1.82, 2.24) is 0 Å². The summed E-state index contributed by atoms with van der Waals surface area (Å²) >= 11 is 0. The second-order valence-corrected chi connectivity index (χ2v) is 5.77. The highest BCUT2D eigenvalue weighted by atomic mass is 16.5. The fraction of sp³-hybridized carbons (Fsp3) is 0.200. The highest BCUT2D eigenvalue weighted by Crippen LogP contribution is 2.39. The number of ether oxygens (including phenoxy) is 3. The summed E-state index contributed by atoms with van der Waals surface area (Å²) in [7, 11) is 1.59. The largest absolute Gasteiger partial charge is 0.497 e. The molecule has 0 N–H and O–H groups in total. The van der Waals surface area contributed by atoms with Crippen LogP contribution in [0.2, 0.25) is 0 Å². The Bertz CT molecular complexity index is 880. The Morgan fingerprint density at radius 3 is 2.76 bits per heavy atom. The van der Waals surface area contributed by atoms with Crippen LogP contribution in [-0.2, 0) is 4.79 Å². The number of ketones is 2. The minimum atomic E-state index is -0.181. The molecular weight excluding hydrogens is 320 g/mol. The number of carbonyl (C=O) groups excluding carboxylic acids is 2. The van der Waals surface area contributed by atoms with Crippen molar-refractivity contribution in [2.75, 3.05) is 13.7 Å². The first-order valence-electron chi connectivity index (χ1n) is 7.83. The van der Waals surface area contributed by atoms with Gasteiger partial charge in [0.25, 0.3) is 0 Å². The number of allylic oxidation sites excluding steroid dienone is 1. The standard InChI is InChI=1S/C20H18O5/c1-12(21)11-24-17-8-7-16-19(22)18(25-20(16)13(17)2)10-14-5-4-6-15(9-14)23-3/h4-10H,11H2,1-3H3/b18-10-. The molecule has 0 aliphatic carbocycles. The van der Waals surface area contributed by atoms with Crippen LogP contribution in [0.25, 0.3) is 6.08 Å². The number of fused-ring (bicyclic) bond motifs is 1. The third kappa shape index (κ3) is 3.40. The number of rotatable bonds is 5. The van der Waals surface area contributed by atoms with Crippen LogP contribution in [0, 0.1) is 6.92 Å². The van der Waals surface area contributed by atoms with Gasteiger partial charge in [-0.25, -0.2) is 0 Å². The summed E-state index contributed by atoms with van der Waals surface area (Å²) in [5, 5.41) is 0. The average Bonchev–Trinajstić information content (AvgIpc) is 2.91. The zero-order valence-corrected chi connectivity index (χ0v) is 14.3. The molecule has 2 aromatic rings. The summed E-state index contributed by atoms with van der Waals surface area (Å²) in [6.07, 6.45) is 1.68. The van der Waals surface area contributed by atoms with E-state index in [1.54, 1.807) is 32.2 Å². The molecule has 0 amide bonds. The second kappa shape index (κ2) is 6.81. The highest BCUT2D eigenvalue weighted by molar-refractivity contribution is 6.15. The molecule has 3 rings (SSSR count). The van der Waals surface area contributed by atoms with Gasteiger partial charge in [-0.05, 0) is 49.8 Å². The lowest BCUT2D eigenvalue weighted by atomic mass is 10.1. The van der Waals surface area contributed by atoms with Crippen molar-refractivity contribution < 1.29 is 23.8 Å². The molecule has 0 fully saturated rings. The van der Waals surface area contributed by atoms with Gasteiger partial charge in [-0.2, -0.15) is 0 Å². The molecule has 5 heteroatoms. The van der Waals surface area contributed by atoms with Crippen molar-refractivity contribution in [2.24, 2.45) is 0 Å². The summed E-state index contributed by atoms with van der Waals surface area (Å²) in [6.45, 7) is 3.24. The summed E-state index contributed by atoms with van der Waals surface area (Å²) in [5.41, 5.74) is 1.99. The van der Waals surface area contributed by atoms with Crippen molar-refractivity contribution in [1.29, 1.82) is 0 Å². The fourth-order valence-electron chi connectivity index (χ4n) is 2.59. The maximum Gasteiger partial charge on any atom is 0.231 e. The lowest BCUT2D eigenvalue weighted by Gasteiger charge is -2.10. The molecule has 0 radical (unpaired) electrons. The predicted molar refractivity (Wildman–Crippen MR) is 93.3 cm³/mol. The van der Waals surface area contributed by atoms with Crippen LogP contribution in [-0.4, -0.2) is 25.3 Å². The Hall–Kier alpha value is -3.08. The summed E-state index contributed by atoms with van der Waals surface area (Å²) in [5.74, 6) is 1.70. The number of Topliss-reactive ketones (excluding diaryl/α,β-unsaturated/α-hetero) is 2. The Labute approximate surface area is 145 Å². The van der Waals surface area contributed by atoms with E-state index in [1.165, 1.54) is 6.92 Å². The van der Waals surface area contributed by atoms with Gasteiger partial charge in [-0.3, -0.25) is 9.59 Å². The van der Waals surface area contributed by atoms with Crippen molar-refractivity contribution in [2.45, 2.75) is 13.8 Å². The smallest absolute Gasteiger partial charge is 0.231 e. The average molecular weight is 338 g/mol. The Morgan fingerprint density at radius 1 is 1.24 bits per heavy atom. The van der Waals surface area contributed by atoms with Crippen molar-refractivity contribution in [3.63, 3.8) is 0 Å². The third-order valence-electron chi connectivity index (χ3n) is 3.86. The molecule has 25 heavy (non-hydrogen) atoms. The molecule has 1 heterocycles. The van der Waals surface area contributed by atoms with Crippen LogP contribution in [0.4, 0.5) is 0 Å². The first kappa shape index (κ1) is 16.8. The molecule has 1 aliphatic rings. The number of methoxy groups -OCH3 is 1. The van der Waals surface area contributed by atoms with Crippen molar-refractivity contribution in [3.8, 4) is 17.2 Å². The monoisotopic (exact) mass is 338 g/mol. The van der Waals surface area contributed by atoms with Gasteiger partial charge in [0.15, 0.2) is 11.5 Å². The summed E-state index contributed by atoms with van der Waals surface area (Å²) < 4.78 is 16.4. The maximum atomic E-state index is 12.6. The number of hydrogen-bond acceptors (Lipinski definition) is 5. The molecule has 1 aliphatic heterocycles. The van der Waals surface area contributed by atoms with Gasteiger partial charge in [-0.1, -0.05) is 12.1 Å². The van der Waals surface area contributed by atoms with Crippen molar-refractivity contribution >= 4 is 17.6 Å². The van der Waals surface area contributed by atoms with Gasteiger partial charge in [0, 0.05) is 5.56 Å². The van der Waals surface area contributed by atoms with Gasteiger partial charge < -0.3 is 14.2 Å². The van der Waals surface area contributed by atoms with Crippen LogP contribution in [0.15, 0.2) is 42.2 Å². The lowest BCUT2D eigenvalue weighted by Crippen LogP contribution is -2.07. The van der Waals surface area contributed by atoms with Crippen LogP contribution in [0.3, 0.4) is 0 Å². The first-order chi connectivity index (χ1) is 12.0. The second-order valence-electron chi connectivity index (χ2n) is 5.77. The number of hydrogen-bond donors (Lipinski definition) is 0. The van der Waals surface area contributed by atoms with Crippen LogP contribution < -0.4 is 14.2 Å². The topological polar surface area (TPSA) is 61.8 Å². The molecule has 0 bridgehead atoms. The third-order valence-corrected chi connectivity index (χ3v) is 3.86. The number of benzene rings is 2. The normalized spacial score (nSPS) is 14.2. The fourth-order valence-corrected chi connectivity index (χ4v) is 2.59. The minimum absolute atomic E-state index is 0.0138. The highest BCUT2D eigenvalue weighted by Gasteiger charge is 2.30. The van der Waals surface area contributed by atoms with Crippen LogP contribution >= 0.6 is 0 Å². The molecule has 0 spiro atoms. The molecule has 0 unspecified atom stereocenters. The zero-order chi connectivity index (χ0) is 18.0. The summed E-state index contributed by atoms with van der Waals surface area (Å²) in [4.78, 5) is 23.7. The molecule has 5 nitrogen and oxygen atoms in total. The molecule has 128 valence electrons. The van der Waals surface area contributed by atoms with E-state index in [1.807, 2.05) is 24.3 Å². The summed E-state index contributed by atoms with van der Waals surface area (Å²) in [6, 6.07) is 10.7. The minimum Gasteiger partial charge on any atom is -0.497 e. The molecule has 2 aromatic carbocycles. The van der Waals surface area contributed by atoms with E-state index in [2.05, 4.69) is 0 Å². The zero-order valence-electron chi connectivity index (χ0n) is 14.3. The van der Waals surface area contributed by atoms with E-state index in [0.29, 0.717) is 28.4 Å².